The first-order valence-electron chi connectivity index (χ1n) is 5.95. The summed E-state index contributed by atoms with van der Waals surface area (Å²) in [6, 6.07) is 9.93. The minimum absolute atomic E-state index is 0.0401. The number of carbonyl (C=O) groups is 1. The van der Waals surface area contributed by atoms with Crippen molar-refractivity contribution >= 4 is 11.9 Å². The number of nitrogens with one attached hydrogen (secondary N) is 2. The number of guanidine groups is 1. The van der Waals surface area contributed by atoms with Gasteiger partial charge in [0.25, 0.3) is 0 Å². The molecule has 0 aliphatic carbocycles. The number of hydrogen-bond acceptors (Lipinski definition) is 2. The monoisotopic (exact) mass is 248 g/mol. The van der Waals surface area contributed by atoms with E-state index in [2.05, 4.69) is 15.6 Å². The minimum atomic E-state index is -0.146. The summed E-state index contributed by atoms with van der Waals surface area (Å²) in [5, 5.41) is 5.70. The molecular weight excluding hydrogens is 228 g/mol. The Kier molecular flexibility index (Phi) is 5.70. The number of hydrogen-bond donors (Lipinski definition) is 3. The average Bonchev–Trinajstić information content (AvgIpc) is 2.34. The van der Waals surface area contributed by atoms with Crippen molar-refractivity contribution in [1.29, 1.82) is 0 Å². The maximum absolute atomic E-state index is 11.5. The van der Waals surface area contributed by atoms with Crippen molar-refractivity contribution in [3.63, 3.8) is 0 Å². The van der Waals surface area contributed by atoms with E-state index in [0.717, 1.165) is 5.56 Å². The molecule has 5 nitrogen and oxygen atoms in total. The second-order valence-corrected chi connectivity index (χ2v) is 4.26. The predicted octanol–water partition coefficient (Wildman–Crippen LogP) is 0.616. The standard InChI is InChI=1S/C13H20N4O/c1-10(2)17-13(14)16-9-12(18)15-8-11-6-4-3-5-7-11/h3-7,10H,8-9H2,1-2H3,(H,15,18)(H3,14,16,17). The molecule has 0 fully saturated rings. The van der Waals surface area contributed by atoms with Crippen LogP contribution in [0, 0.1) is 0 Å². The third-order valence-electron chi connectivity index (χ3n) is 2.16. The molecule has 0 spiro atoms. The summed E-state index contributed by atoms with van der Waals surface area (Å²) < 4.78 is 0. The van der Waals surface area contributed by atoms with Gasteiger partial charge in [-0.15, -0.1) is 0 Å². The van der Waals surface area contributed by atoms with Crippen LogP contribution < -0.4 is 16.4 Å². The van der Waals surface area contributed by atoms with Crippen LogP contribution in [0.25, 0.3) is 0 Å². The Morgan fingerprint density at radius 2 is 2.00 bits per heavy atom. The Balaban J connectivity index is 2.30. The Labute approximate surface area is 107 Å². The van der Waals surface area contributed by atoms with E-state index in [1.54, 1.807) is 0 Å². The molecule has 0 aliphatic heterocycles. The summed E-state index contributed by atoms with van der Waals surface area (Å²) in [7, 11) is 0. The Bertz CT molecular complexity index is 401. The summed E-state index contributed by atoms with van der Waals surface area (Å²) in [4.78, 5) is 15.5. The highest BCUT2D eigenvalue weighted by Gasteiger charge is 2.01. The zero-order chi connectivity index (χ0) is 13.4. The van der Waals surface area contributed by atoms with Crippen molar-refractivity contribution in [2.45, 2.75) is 26.4 Å². The molecular formula is C13H20N4O. The van der Waals surface area contributed by atoms with E-state index in [1.807, 2.05) is 44.2 Å². The summed E-state index contributed by atoms with van der Waals surface area (Å²) in [6.07, 6.45) is 0. The van der Waals surface area contributed by atoms with Crippen LogP contribution >= 0.6 is 0 Å². The number of amides is 1. The number of rotatable bonds is 5. The molecule has 0 saturated heterocycles. The lowest BCUT2D eigenvalue weighted by Crippen LogP contribution is -2.37. The van der Waals surface area contributed by atoms with E-state index in [0.29, 0.717) is 12.5 Å². The van der Waals surface area contributed by atoms with E-state index in [1.165, 1.54) is 0 Å². The third kappa shape index (κ3) is 5.89. The second-order valence-electron chi connectivity index (χ2n) is 4.26. The number of nitrogens with zero attached hydrogens (tertiary/aromatic N) is 1. The maximum atomic E-state index is 11.5. The highest BCUT2D eigenvalue weighted by atomic mass is 16.1. The van der Waals surface area contributed by atoms with E-state index in [9.17, 15) is 4.79 Å². The van der Waals surface area contributed by atoms with Gasteiger partial charge in [0.15, 0.2) is 5.96 Å². The molecule has 0 heterocycles. The first-order valence-corrected chi connectivity index (χ1v) is 5.95. The number of aliphatic imine (C=N–C) groups is 1. The largest absolute Gasteiger partial charge is 0.370 e. The Morgan fingerprint density at radius 3 is 2.61 bits per heavy atom. The number of benzene rings is 1. The molecule has 1 rings (SSSR count). The van der Waals surface area contributed by atoms with Crippen LogP contribution in [0.1, 0.15) is 19.4 Å². The quantitative estimate of drug-likeness (QED) is 0.528. The van der Waals surface area contributed by atoms with Gasteiger partial charge in [0.1, 0.15) is 6.54 Å². The molecule has 1 amide bonds. The van der Waals surface area contributed by atoms with Crippen LogP contribution in [-0.2, 0) is 11.3 Å². The Hall–Kier alpha value is -2.04. The van der Waals surface area contributed by atoms with E-state index < -0.39 is 0 Å². The summed E-state index contributed by atoms with van der Waals surface area (Å²) >= 11 is 0. The van der Waals surface area contributed by atoms with Gasteiger partial charge in [-0.25, -0.2) is 4.99 Å². The molecule has 1 aromatic rings. The maximum Gasteiger partial charge on any atom is 0.242 e. The van der Waals surface area contributed by atoms with Gasteiger partial charge in [-0.2, -0.15) is 0 Å². The minimum Gasteiger partial charge on any atom is -0.370 e. The van der Waals surface area contributed by atoms with Crippen molar-refractivity contribution in [1.82, 2.24) is 10.6 Å². The number of nitrogens with two attached hydrogens (primary N) is 1. The van der Waals surface area contributed by atoms with Gasteiger partial charge in [-0.05, 0) is 19.4 Å². The molecule has 1 aromatic carbocycles. The van der Waals surface area contributed by atoms with Crippen molar-refractivity contribution in [3.05, 3.63) is 35.9 Å². The normalized spacial score (nSPS) is 11.4. The summed E-state index contributed by atoms with van der Waals surface area (Å²) in [6.45, 7) is 4.46. The molecule has 98 valence electrons. The van der Waals surface area contributed by atoms with E-state index in [4.69, 9.17) is 5.73 Å². The average molecular weight is 248 g/mol. The first kappa shape index (κ1) is 14.0. The van der Waals surface area contributed by atoms with Crippen LogP contribution in [0.4, 0.5) is 0 Å². The SMILES string of the molecule is CC(C)NC(N)=NCC(=O)NCc1ccccc1. The highest BCUT2D eigenvalue weighted by Crippen LogP contribution is 1.96. The molecule has 0 aromatic heterocycles. The smallest absolute Gasteiger partial charge is 0.242 e. The lowest BCUT2D eigenvalue weighted by molar-refractivity contribution is -0.119. The summed E-state index contributed by atoms with van der Waals surface area (Å²) in [5.41, 5.74) is 6.65. The fraction of sp³-hybridized carbons (Fsp3) is 0.385. The van der Waals surface area contributed by atoms with Gasteiger partial charge in [0.05, 0.1) is 0 Å². The van der Waals surface area contributed by atoms with Gasteiger partial charge < -0.3 is 16.4 Å². The van der Waals surface area contributed by atoms with Crippen LogP contribution in [0.5, 0.6) is 0 Å². The predicted molar refractivity (Wildman–Crippen MR) is 73.0 cm³/mol. The van der Waals surface area contributed by atoms with Gasteiger partial charge in [0, 0.05) is 12.6 Å². The molecule has 0 saturated carbocycles. The lowest BCUT2D eigenvalue weighted by atomic mass is 10.2. The number of carbonyl (C=O) groups excluding carboxylic acids is 1. The fourth-order valence-corrected chi connectivity index (χ4v) is 1.35. The molecule has 5 heteroatoms. The molecule has 0 atom stereocenters. The van der Waals surface area contributed by atoms with Gasteiger partial charge in [-0.1, -0.05) is 30.3 Å². The zero-order valence-corrected chi connectivity index (χ0v) is 10.8. The van der Waals surface area contributed by atoms with Crippen molar-refractivity contribution in [2.24, 2.45) is 10.7 Å². The molecule has 0 bridgehead atoms. The second kappa shape index (κ2) is 7.32. The van der Waals surface area contributed by atoms with Crippen LogP contribution in [0.2, 0.25) is 0 Å². The molecule has 0 radical (unpaired) electrons. The van der Waals surface area contributed by atoms with Crippen LogP contribution in [0.15, 0.2) is 35.3 Å². The topological polar surface area (TPSA) is 79.5 Å². The van der Waals surface area contributed by atoms with E-state index in [-0.39, 0.29) is 18.5 Å². The summed E-state index contributed by atoms with van der Waals surface area (Å²) in [5.74, 6) is 0.146. The van der Waals surface area contributed by atoms with Crippen LogP contribution in [-0.4, -0.2) is 24.5 Å². The highest BCUT2D eigenvalue weighted by molar-refractivity contribution is 5.84. The van der Waals surface area contributed by atoms with Crippen molar-refractivity contribution < 1.29 is 4.79 Å². The van der Waals surface area contributed by atoms with Gasteiger partial charge >= 0.3 is 0 Å². The third-order valence-corrected chi connectivity index (χ3v) is 2.16. The van der Waals surface area contributed by atoms with Crippen LogP contribution in [0.3, 0.4) is 0 Å². The van der Waals surface area contributed by atoms with Crippen molar-refractivity contribution in [2.75, 3.05) is 6.54 Å². The molecule has 0 aliphatic rings. The van der Waals surface area contributed by atoms with Gasteiger partial charge in [-0.3, -0.25) is 4.79 Å². The molecule has 4 N–H and O–H groups in total. The van der Waals surface area contributed by atoms with E-state index >= 15 is 0 Å². The molecule has 0 unspecified atom stereocenters. The van der Waals surface area contributed by atoms with Gasteiger partial charge in [0.2, 0.25) is 5.91 Å². The molecule has 18 heavy (non-hydrogen) atoms. The first-order chi connectivity index (χ1) is 8.58. The lowest BCUT2D eigenvalue weighted by Gasteiger charge is -2.08. The van der Waals surface area contributed by atoms with Crippen molar-refractivity contribution in [3.8, 4) is 0 Å². The zero-order valence-electron chi connectivity index (χ0n) is 10.8. The Morgan fingerprint density at radius 1 is 1.33 bits per heavy atom. The fourth-order valence-electron chi connectivity index (χ4n) is 1.35.